The molecule has 1 amide bonds. The number of piperidine rings is 1. The van der Waals surface area contributed by atoms with Crippen molar-refractivity contribution in [2.75, 3.05) is 31.1 Å². The fourth-order valence-corrected chi connectivity index (χ4v) is 3.89. The number of ether oxygens (including phenoxy) is 1. The van der Waals surface area contributed by atoms with Gasteiger partial charge in [0.05, 0.1) is 19.2 Å². The van der Waals surface area contributed by atoms with Gasteiger partial charge in [-0.05, 0) is 38.2 Å². The zero-order valence-corrected chi connectivity index (χ0v) is 15.5. The van der Waals surface area contributed by atoms with Crippen LogP contribution in [0.1, 0.15) is 38.5 Å². The van der Waals surface area contributed by atoms with Gasteiger partial charge in [0.15, 0.2) is 5.69 Å². The summed E-state index contributed by atoms with van der Waals surface area (Å²) in [5.74, 6) is 1.92. The minimum atomic E-state index is -0.0776. The summed E-state index contributed by atoms with van der Waals surface area (Å²) in [7, 11) is 0. The van der Waals surface area contributed by atoms with Gasteiger partial charge in [0, 0.05) is 38.0 Å². The lowest BCUT2D eigenvalue weighted by Gasteiger charge is -2.27. The molecule has 0 spiro atoms. The number of rotatable bonds is 6. The highest BCUT2D eigenvalue weighted by Gasteiger charge is 2.30. The standard InChI is InChI=1S/C20H26N4O3/c25-17-7-8-21-20-19(17)22-13-15-12-16(14-24(15)20)27-11-5-2-6-18(26)23-9-3-1-4-10-23/h7-8,12-13,15H,1-6,9-11,14H2,(H,21,25). The number of nitrogens with one attached hydrogen (secondary N) is 1. The van der Waals surface area contributed by atoms with Crippen LogP contribution in [-0.4, -0.2) is 54.3 Å². The summed E-state index contributed by atoms with van der Waals surface area (Å²) in [4.78, 5) is 35.6. The van der Waals surface area contributed by atoms with Gasteiger partial charge in [-0.3, -0.25) is 14.6 Å². The van der Waals surface area contributed by atoms with Gasteiger partial charge >= 0.3 is 0 Å². The Morgan fingerprint density at radius 2 is 2.11 bits per heavy atom. The Morgan fingerprint density at radius 1 is 1.26 bits per heavy atom. The first-order valence-electron chi connectivity index (χ1n) is 9.86. The van der Waals surface area contributed by atoms with Crippen molar-refractivity contribution >= 4 is 23.6 Å². The molecular formula is C20H26N4O3. The number of hydrogen-bond acceptors (Lipinski definition) is 5. The topological polar surface area (TPSA) is 78.0 Å². The summed E-state index contributed by atoms with van der Waals surface area (Å²) in [6, 6.07) is 1.51. The fourth-order valence-electron chi connectivity index (χ4n) is 3.89. The second-order valence-electron chi connectivity index (χ2n) is 7.32. The second kappa shape index (κ2) is 7.98. The molecule has 0 saturated carbocycles. The van der Waals surface area contributed by atoms with Crippen molar-refractivity contribution in [3.05, 3.63) is 34.3 Å². The van der Waals surface area contributed by atoms with Gasteiger partial charge in [0.1, 0.15) is 11.6 Å². The maximum Gasteiger partial charge on any atom is 0.222 e. The maximum atomic E-state index is 12.2. The minimum Gasteiger partial charge on any atom is -0.496 e. The number of amides is 1. The van der Waals surface area contributed by atoms with Crippen LogP contribution in [0.4, 0.5) is 11.5 Å². The number of hydrogen-bond donors (Lipinski definition) is 1. The molecule has 1 aromatic rings. The fraction of sp³-hybridized carbons (Fsp3) is 0.550. The van der Waals surface area contributed by atoms with Crippen molar-refractivity contribution in [2.45, 2.75) is 44.6 Å². The summed E-state index contributed by atoms with van der Waals surface area (Å²) in [5.41, 5.74) is 0.380. The summed E-state index contributed by atoms with van der Waals surface area (Å²) in [5, 5.41) is 0. The summed E-state index contributed by atoms with van der Waals surface area (Å²) < 4.78 is 5.91. The molecule has 1 unspecified atom stereocenters. The number of unbranched alkanes of at least 4 members (excludes halogenated alkanes) is 1. The number of pyridine rings is 1. The molecule has 7 nitrogen and oxygen atoms in total. The predicted molar refractivity (Wildman–Crippen MR) is 105 cm³/mol. The van der Waals surface area contributed by atoms with Gasteiger partial charge in [0.25, 0.3) is 0 Å². The van der Waals surface area contributed by atoms with Gasteiger partial charge in [0.2, 0.25) is 11.3 Å². The van der Waals surface area contributed by atoms with Crippen LogP contribution in [0.2, 0.25) is 0 Å². The quantitative estimate of drug-likeness (QED) is 0.780. The number of nitrogens with zero attached hydrogens (tertiary/aromatic N) is 3. The average Bonchev–Trinajstić information content (AvgIpc) is 3.12. The number of anilines is 1. The molecule has 1 fully saturated rings. The van der Waals surface area contributed by atoms with Gasteiger partial charge in [-0.1, -0.05) is 0 Å². The van der Waals surface area contributed by atoms with E-state index in [2.05, 4.69) is 14.9 Å². The Morgan fingerprint density at radius 3 is 2.96 bits per heavy atom. The molecule has 144 valence electrons. The van der Waals surface area contributed by atoms with E-state index >= 15 is 0 Å². The van der Waals surface area contributed by atoms with E-state index in [1.165, 1.54) is 12.5 Å². The maximum absolute atomic E-state index is 12.2. The number of carbonyl (C=O) groups excluding carboxylic acids is 1. The molecule has 0 radical (unpaired) electrons. The van der Waals surface area contributed by atoms with Crippen molar-refractivity contribution in [3.63, 3.8) is 0 Å². The highest BCUT2D eigenvalue weighted by molar-refractivity contribution is 5.85. The van der Waals surface area contributed by atoms with Crippen molar-refractivity contribution in [2.24, 2.45) is 4.99 Å². The van der Waals surface area contributed by atoms with Crippen molar-refractivity contribution in [1.82, 2.24) is 9.88 Å². The van der Waals surface area contributed by atoms with Crippen LogP contribution < -0.4 is 10.3 Å². The van der Waals surface area contributed by atoms with Crippen LogP contribution in [0.5, 0.6) is 0 Å². The van der Waals surface area contributed by atoms with Crippen molar-refractivity contribution in [1.29, 1.82) is 0 Å². The second-order valence-corrected chi connectivity index (χ2v) is 7.32. The van der Waals surface area contributed by atoms with Gasteiger partial charge in [-0.2, -0.15) is 0 Å². The largest absolute Gasteiger partial charge is 0.496 e. The van der Waals surface area contributed by atoms with Crippen LogP contribution in [0.3, 0.4) is 0 Å². The number of carbonyl (C=O) groups is 1. The molecule has 4 rings (SSSR count). The highest BCUT2D eigenvalue weighted by atomic mass is 16.5. The average molecular weight is 370 g/mol. The van der Waals surface area contributed by atoms with Crippen LogP contribution in [0, 0.1) is 0 Å². The molecule has 27 heavy (non-hydrogen) atoms. The molecule has 3 aliphatic rings. The normalized spacial score (nSPS) is 20.9. The zero-order valence-electron chi connectivity index (χ0n) is 15.5. The molecule has 0 aromatic carbocycles. The minimum absolute atomic E-state index is 0.0197. The lowest BCUT2D eigenvalue weighted by molar-refractivity contribution is -0.132. The molecule has 4 heterocycles. The molecular weight excluding hydrogens is 344 g/mol. The molecule has 1 aromatic heterocycles. The predicted octanol–water partition coefficient (Wildman–Crippen LogP) is 2.36. The monoisotopic (exact) mass is 370 g/mol. The van der Waals surface area contributed by atoms with Crippen molar-refractivity contribution < 1.29 is 9.53 Å². The first-order chi connectivity index (χ1) is 13.2. The molecule has 1 N–H and O–H groups in total. The number of aromatic amines is 1. The van der Waals surface area contributed by atoms with Gasteiger partial charge < -0.3 is 19.5 Å². The Balaban J connectivity index is 1.21. The van der Waals surface area contributed by atoms with E-state index in [9.17, 15) is 9.59 Å². The van der Waals surface area contributed by atoms with Crippen LogP contribution in [-0.2, 0) is 9.53 Å². The van der Waals surface area contributed by atoms with E-state index in [-0.39, 0.29) is 17.4 Å². The number of likely N-dealkylation sites (tertiary alicyclic amines) is 1. The molecule has 0 aliphatic carbocycles. The van der Waals surface area contributed by atoms with Crippen LogP contribution in [0.15, 0.2) is 33.9 Å². The third kappa shape index (κ3) is 3.91. The van der Waals surface area contributed by atoms with Crippen LogP contribution in [0.25, 0.3) is 0 Å². The highest BCUT2D eigenvalue weighted by Crippen LogP contribution is 2.32. The first-order valence-corrected chi connectivity index (χ1v) is 9.86. The molecule has 7 heteroatoms. The smallest absolute Gasteiger partial charge is 0.222 e. The summed E-state index contributed by atoms with van der Waals surface area (Å²) >= 11 is 0. The van der Waals surface area contributed by atoms with Crippen molar-refractivity contribution in [3.8, 4) is 0 Å². The Labute approximate surface area is 158 Å². The van der Waals surface area contributed by atoms with E-state index in [0.29, 0.717) is 25.3 Å². The number of aromatic nitrogens is 1. The van der Waals surface area contributed by atoms with E-state index in [1.807, 2.05) is 11.0 Å². The van der Waals surface area contributed by atoms with Gasteiger partial charge in [-0.15, -0.1) is 0 Å². The number of H-pyrrole nitrogens is 1. The SMILES string of the molecule is O=C(CCCCOC1=CC2C=Nc3c([nH]ccc3=O)N2C1)N1CCCCC1. The first kappa shape index (κ1) is 17.8. The number of fused-ring (bicyclic) bond motifs is 3. The molecule has 1 saturated heterocycles. The summed E-state index contributed by atoms with van der Waals surface area (Å²) in [6.07, 6.45) is 11.3. The van der Waals surface area contributed by atoms with E-state index in [0.717, 1.165) is 50.3 Å². The van der Waals surface area contributed by atoms with E-state index in [4.69, 9.17) is 4.74 Å². The molecule has 3 aliphatic heterocycles. The Hall–Kier alpha value is -2.57. The summed E-state index contributed by atoms with van der Waals surface area (Å²) in [6.45, 7) is 3.07. The Bertz CT molecular complexity index is 808. The van der Waals surface area contributed by atoms with E-state index in [1.54, 1.807) is 12.4 Å². The van der Waals surface area contributed by atoms with E-state index < -0.39 is 0 Å². The third-order valence-electron chi connectivity index (χ3n) is 5.38. The molecule has 1 atom stereocenters. The van der Waals surface area contributed by atoms with Crippen LogP contribution >= 0.6 is 0 Å². The lowest BCUT2D eigenvalue weighted by Crippen LogP contribution is -2.35. The zero-order chi connectivity index (χ0) is 18.6. The third-order valence-corrected chi connectivity index (χ3v) is 5.38. The number of aliphatic imine (C=N–C) groups is 1. The lowest BCUT2D eigenvalue weighted by atomic mass is 10.1. The van der Waals surface area contributed by atoms with Gasteiger partial charge in [-0.25, -0.2) is 0 Å². The molecule has 0 bridgehead atoms. The Kier molecular flexibility index (Phi) is 5.27.